The van der Waals surface area contributed by atoms with Crippen molar-refractivity contribution >= 4 is 17.4 Å². The molecule has 0 spiro atoms. The van der Waals surface area contributed by atoms with Crippen LogP contribution in [0.2, 0.25) is 5.02 Å². The van der Waals surface area contributed by atoms with Crippen LogP contribution < -0.4 is 10.1 Å². The summed E-state index contributed by atoms with van der Waals surface area (Å²) < 4.78 is 19.8. The van der Waals surface area contributed by atoms with Gasteiger partial charge in [-0.05, 0) is 24.3 Å². The molecule has 0 saturated heterocycles. The molecular formula is C15H12ClFN2O. The molecule has 0 atom stereocenters. The molecule has 0 radical (unpaired) electrons. The van der Waals surface area contributed by atoms with Gasteiger partial charge in [-0.15, -0.1) is 0 Å². The summed E-state index contributed by atoms with van der Waals surface area (Å²) in [6.45, 7) is 1.34. The highest BCUT2D eigenvalue weighted by molar-refractivity contribution is 6.32. The highest BCUT2D eigenvalue weighted by atomic mass is 35.5. The van der Waals surface area contributed by atoms with Gasteiger partial charge in [0.1, 0.15) is 23.2 Å². The Morgan fingerprint density at radius 3 is 2.65 bits per heavy atom. The number of ether oxygens (including phenoxy) is 1. The van der Waals surface area contributed by atoms with Crippen molar-refractivity contribution in [2.45, 2.75) is 0 Å². The zero-order valence-electron chi connectivity index (χ0n) is 10.6. The van der Waals surface area contributed by atoms with Crippen LogP contribution in [0.3, 0.4) is 0 Å². The zero-order valence-corrected chi connectivity index (χ0v) is 11.3. The van der Waals surface area contributed by atoms with Crippen LogP contribution in [0.5, 0.6) is 11.5 Å². The van der Waals surface area contributed by atoms with Crippen LogP contribution in [-0.4, -0.2) is 18.9 Å². The summed E-state index contributed by atoms with van der Waals surface area (Å²) in [6, 6.07) is 11.8. The van der Waals surface area contributed by atoms with Crippen molar-refractivity contribution in [2.24, 2.45) is 4.99 Å². The summed E-state index contributed by atoms with van der Waals surface area (Å²) >= 11 is 6.06. The molecule has 1 aliphatic rings. The number of benzene rings is 2. The number of nitrogens with zero attached hydrogens (tertiary/aromatic N) is 1. The van der Waals surface area contributed by atoms with Crippen LogP contribution in [0.1, 0.15) is 5.56 Å². The fourth-order valence-electron chi connectivity index (χ4n) is 2.03. The lowest BCUT2D eigenvalue weighted by molar-refractivity contribution is 0.475. The first-order valence-electron chi connectivity index (χ1n) is 6.25. The van der Waals surface area contributed by atoms with Crippen molar-refractivity contribution in [2.75, 3.05) is 13.1 Å². The van der Waals surface area contributed by atoms with Crippen molar-refractivity contribution in [3.63, 3.8) is 0 Å². The molecule has 5 heteroatoms. The molecule has 3 rings (SSSR count). The summed E-state index contributed by atoms with van der Waals surface area (Å²) in [5.41, 5.74) is 0.338. The van der Waals surface area contributed by atoms with Crippen molar-refractivity contribution in [3.8, 4) is 11.5 Å². The smallest absolute Gasteiger partial charge is 0.146 e. The SMILES string of the molecule is Fc1cccc(Oc2ccccc2Cl)c1C1=NCCN1. The van der Waals surface area contributed by atoms with Gasteiger partial charge < -0.3 is 10.1 Å². The second kappa shape index (κ2) is 5.51. The van der Waals surface area contributed by atoms with Gasteiger partial charge in [-0.25, -0.2) is 4.39 Å². The molecular weight excluding hydrogens is 279 g/mol. The number of hydrogen-bond acceptors (Lipinski definition) is 3. The third-order valence-corrected chi connectivity index (χ3v) is 3.26. The number of aliphatic imine (C=N–C) groups is 1. The van der Waals surface area contributed by atoms with E-state index in [4.69, 9.17) is 16.3 Å². The standard InChI is InChI=1S/C15H12ClFN2O/c16-10-4-1-2-6-12(10)20-13-7-3-5-11(17)14(13)15-18-8-9-19-15/h1-7H,8-9H2,(H,18,19). The minimum Gasteiger partial charge on any atom is -0.455 e. The van der Waals surface area contributed by atoms with E-state index in [1.807, 2.05) is 12.1 Å². The van der Waals surface area contributed by atoms with Crippen LogP contribution in [0.4, 0.5) is 4.39 Å². The van der Waals surface area contributed by atoms with E-state index >= 15 is 0 Å². The Balaban J connectivity index is 2.02. The number of halogens is 2. The van der Waals surface area contributed by atoms with Crippen molar-refractivity contribution in [3.05, 3.63) is 58.9 Å². The van der Waals surface area contributed by atoms with E-state index in [1.165, 1.54) is 6.07 Å². The summed E-state index contributed by atoms with van der Waals surface area (Å²) in [5.74, 6) is 1.03. The zero-order chi connectivity index (χ0) is 13.9. The Morgan fingerprint density at radius 2 is 1.90 bits per heavy atom. The lowest BCUT2D eigenvalue weighted by Crippen LogP contribution is -2.21. The Hall–Kier alpha value is -2.07. The fraction of sp³-hybridized carbons (Fsp3) is 0.133. The average molecular weight is 291 g/mol. The van der Waals surface area contributed by atoms with Crippen LogP contribution in [0, 0.1) is 5.82 Å². The third-order valence-electron chi connectivity index (χ3n) is 2.94. The topological polar surface area (TPSA) is 33.6 Å². The molecule has 1 aliphatic heterocycles. The molecule has 2 aromatic rings. The third kappa shape index (κ3) is 2.47. The minimum atomic E-state index is -0.372. The Kier molecular flexibility index (Phi) is 3.56. The van der Waals surface area contributed by atoms with E-state index in [1.54, 1.807) is 24.3 Å². The average Bonchev–Trinajstić information content (AvgIpc) is 2.95. The summed E-state index contributed by atoms with van der Waals surface area (Å²) in [7, 11) is 0. The van der Waals surface area contributed by atoms with Gasteiger partial charge in [-0.3, -0.25) is 4.99 Å². The number of para-hydroxylation sites is 1. The van der Waals surface area contributed by atoms with Gasteiger partial charge in [0.15, 0.2) is 0 Å². The normalized spacial score (nSPS) is 13.8. The maximum atomic E-state index is 14.1. The molecule has 1 heterocycles. The Bertz CT molecular complexity index is 673. The number of hydrogen-bond donors (Lipinski definition) is 1. The summed E-state index contributed by atoms with van der Waals surface area (Å²) in [6.07, 6.45) is 0. The van der Waals surface area contributed by atoms with Crippen LogP contribution in [0.25, 0.3) is 0 Å². The molecule has 20 heavy (non-hydrogen) atoms. The van der Waals surface area contributed by atoms with Gasteiger partial charge in [-0.1, -0.05) is 29.8 Å². The fourth-order valence-corrected chi connectivity index (χ4v) is 2.20. The van der Waals surface area contributed by atoms with E-state index < -0.39 is 0 Å². The molecule has 102 valence electrons. The molecule has 1 N–H and O–H groups in total. The number of amidine groups is 1. The van der Waals surface area contributed by atoms with E-state index in [9.17, 15) is 4.39 Å². The minimum absolute atomic E-state index is 0.338. The molecule has 0 aliphatic carbocycles. The first kappa shape index (κ1) is 12.9. The second-order valence-electron chi connectivity index (χ2n) is 4.30. The second-order valence-corrected chi connectivity index (χ2v) is 4.71. The van der Waals surface area contributed by atoms with Crippen LogP contribution >= 0.6 is 11.6 Å². The predicted octanol–water partition coefficient (Wildman–Crippen LogP) is 3.62. The Labute approximate surface area is 121 Å². The summed E-state index contributed by atoms with van der Waals surface area (Å²) in [5, 5.41) is 3.53. The van der Waals surface area contributed by atoms with Gasteiger partial charge >= 0.3 is 0 Å². The predicted molar refractivity (Wildman–Crippen MR) is 77.3 cm³/mol. The van der Waals surface area contributed by atoms with Gasteiger partial charge in [0.25, 0.3) is 0 Å². The number of rotatable bonds is 3. The van der Waals surface area contributed by atoms with Gasteiger partial charge in [0.05, 0.1) is 17.1 Å². The molecule has 0 saturated carbocycles. The quantitative estimate of drug-likeness (QED) is 0.937. The molecule has 0 fully saturated rings. The monoisotopic (exact) mass is 290 g/mol. The van der Waals surface area contributed by atoms with E-state index in [0.717, 1.165) is 0 Å². The van der Waals surface area contributed by atoms with Crippen molar-refractivity contribution in [1.82, 2.24) is 5.32 Å². The summed E-state index contributed by atoms with van der Waals surface area (Å²) in [4.78, 5) is 4.24. The first-order chi connectivity index (χ1) is 9.75. The first-order valence-corrected chi connectivity index (χ1v) is 6.63. The van der Waals surface area contributed by atoms with Crippen LogP contribution in [0.15, 0.2) is 47.5 Å². The molecule has 0 unspecified atom stereocenters. The lowest BCUT2D eigenvalue weighted by atomic mass is 10.1. The molecule has 0 aromatic heterocycles. The molecule has 3 nitrogen and oxygen atoms in total. The van der Waals surface area contributed by atoms with E-state index in [0.29, 0.717) is 41.0 Å². The van der Waals surface area contributed by atoms with Gasteiger partial charge in [0, 0.05) is 6.54 Å². The van der Waals surface area contributed by atoms with E-state index in [-0.39, 0.29) is 5.82 Å². The van der Waals surface area contributed by atoms with Crippen LogP contribution in [-0.2, 0) is 0 Å². The molecule has 2 aromatic carbocycles. The maximum Gasteiger partial charge on any atom is 0.146 e. The maximum absolute atomic E-state index is 14.1. The van der Waals surface area contributed by atoms with Gasteiger partial charge in [0.2, 0.25) is 0 Å². The highest BCUT2D eigenvalue weighted by Crippen LogP contribution is 2.32. The number of nitrogens with one attached hydrogen (secondary N) is 1. The Morgan fingerprint density at radius 1 is 1.10 bits per heavy atom. The van der Waals surface area contributed by atoms with E-state index in [2.05, 4.69) is 10.3 Å². The lowest BCUT2D eigenvalue weighted by Gasteiger charge is -2.13. The largest absolute Gasteiger partial charge is 0.455 e. The highest BCUT2D eigenvalue weighted by Gasteiger charge is 2.19. The van der Waals surface area contributed by atoms with Crippen molar-refractivity contribution < 1.29 is 9.13 Å². The van der Waals surface area contributed by atoms with Crippen molar-refractivity contribution in [1.29, 1.82) is 0 Å². The molecule has 0 amide bonds. The van der Waals surface area contributed by atoms with Gasteiger partial charge in [-0.2, -0.15) is 0 Å². The molecule has 0 bridgehead atoms.